The summed E-state index contributed by atoms with van der Waals surface area (Å²) < 4.78 is 14.7. The number of nitrogens with one attached hydrogen (secondary N) is 1. The van der Waals surface area contributed by atoms with Gasteiger partial charge in [-0.3, -0.25) is 14.6 Å². The lowest BCUT2D eigenvalue weighted by atomic mass is 9.99. The lowest BCUT2D eigenvalue weighted by molar-refractivity contribution is -0.122. The number of anilines is 2. The highest BCUT2D eigenvalue weighted by Gasteiger charge is 2.32. The van der Waals surface area contributed by atoms with Gasteiger partial charge in [0.2, 0.25) is 5.91 Å². The number of carbonyl (C=O) groups is 2. The van der Waals surface area contributed by atoms with Gasteiger partial charge in [-0.1, -0.05) is 35.9 Å². The van der Waals surface area contributed by atoms with Crippen LogP contribution in [-0.4, -0.2) is 30.1 Å². The van der Waals surface area contributed by atoms with Gasteiger partial charge >= 0.3 is 0 Å². The van der Waals surface area contributed by atoms with Crippen molar-refractivity contribution < 1.29 is 14.0 Å². The van der Waals surface area contributed by atoms with E-state index in [0.29, 0.717) is 27.7 Å². The summed E-state index contributed by atoms with van der Waals surface area (Å²) in [5, 5.41) is 3.31. The third-order valence-corrected chi connectivity index (χ3v) is 6.00. The van der Waals surface area contributed by atoms with E-state index in [4.69, 9.17) is 11.6 Å². The van der Waals surface area contributed by atoms with Gasteiger partial charge in [-0.25, -0.2) is 4.39 Å². The molecule has 1 atom stereocenters. The van der Waals surface area contributed by atoms with E-state index in [-0.39, 0.29) is 23.9 Å². The topological polar surface area (TPSA) is 61.8 Å². The Morgan fingerprint density at radius 2 is 1.85 bits per heavy atom. The third kappa shape index (κ3) is 4.52. The molecule has 0 spiro atoms. The average Bonchev–Trinajstić information content (AvgIpc) is 2.87. The molecule has 0 fully saturated rings. The number of nitrogens with zero attached hydrogens (tertiary/aromatic N) is 2. The molecule has 1 aliphatic heterocycles. The van der Waals surface area contributed by atoms with Gasteiger partial charge in [-0.15, -0.1) is 0 Å². The fourth-order valence-electron chi connectivity index (χ4n) is 3.85. The van der Waals surface area contributed by atoms with Crippen LogP contribution in [0.25, 0.3) is 0 Å². The number of halogens is 2. The normalized spacial score (nSPS) is 15.5. The van der Waals surface area contributed by atoms with Crippen LogP contribution in [0.1, 0.15) is 29.2 Å². The Hall–Kier alpha value is -3.51. The number of aryl methyl sites for hydroxylation is 1. The maximum absolute atomic E-state index is 14.7. The molecule has 168 valence electrons. The molecule has 0 radical (unpaired) electrons. The summed E-state index contributed by atoms with van der Waals surface area (Å²) in [6.07, 6.45) is 0. The number of hydrogen-bond donors (Lipinski definition) is 1. The zero-order valence-corrected chi connectivity index (χ0v) is 19.3. The van der Waals surface area contributed by atoms with Gasteiger partial charge in [-0.2, -0.15) is 0 Å². The highest BCUT2D eigenvalue weighted by molar-refractivity contribution is 6.32. The number of amides is 2. The van der Waals surface area contributed by atoms with E-state index in [1.807, 2.05) is 32.0 Å². The molecule has 0 saturated heterocycles. The number of hydrogen-bond acceptors (Lipinski definition) is 3. The Bertz CT molecular complexity index is 1290. The average molecular weight is 464 g/mol. The maximum Gasteiger partial charge on any atom is 0.252 e. The van der Waals surface area contributed by atoms with Crippen molar-refractivity contribution in [2.24, 2.45) is 4.99 Å². The molecule has 33 heavy (non-hydrogen) atoms. The molecule has 0 aromatic heterocycles. The van der Waals surface area contributed by atoms with Crippen molar-refractivity contribution in [3.63, 3.8) is 0 Å². The number of fused-ring (bicyclic) bond motifs is 1. The van der Waals surface area contributed by atoms with E-state index in [1.165, 1.54) is 11.0 Å². The van der Waals surface area contributed by atoms with Crippen LogP contribution in [0.2, 0.25) is 5.02 Å². The molecule has 0 unspecified atom stereocenters. The lowest BCUT2D eigenvalue weighted by Gasteiger charge is -2.24. The molecule has 0 aliphatic carbocycles. The van der Waals surface area contributed by atoms with Crippen LogP contribution >= 0.6 is 11.6 Å². The Morgan fingerprint density at radius 3 is 2.61 bits per heavy atom. The standard InChI is InChI=1S/C26H23ClFN3O2/c1-15-7-6-10-22(16(15)2)30-24(32)14-31-23-12-11-18(27)13-20(23)25(29-17(3)26(31)33)19-8-4-5-9-21(19)28/h4-13,17H,14H2,1-3H3,(H,30,32)/t17-/m0/s1. The molecule has 7 heteroatoms. The number of benzodiazepines with no additional fused rings is 1. The predicted octanol–water partition coefficient (Wildman–Crippen LogP) is 5.31. The first-order valence-electron chi connectivity index (χ1n) is 10.6. The molecule has 0 bridgehead atoms. The van der Waals surface area contributed by atoms with Crippen molar-refractivity contribution in [1.29, 1.82) is 0 Å². The molecular weight excluding hydrogens is 441 g/mol. The van der Waals surface area contributed by atoms with Crippen LogP contribution in [0.15, 0.2) is 65.7 Å². The minimum Gasteiger partial charge on any atom is -0.324 e. The smallest absolute Gasteiger partial charge is 0.252 e. The van der Waals surface area contributed by atoms with Crippen LogP contribution in [0.3, 0.4) is 0 Å². The van der Waals surface area contributed by atoms with Crippen LogP contribution in [0, 0.1) is 19.7 Å². The minimum absolute atomic E-state index is 0.217. The second-order valence-electron chi connectivity index (χ2n) is 8.02. The highest BCUT2D eigenvalue weighted by Crippen LogP contribution is 2.31. The quantitative estimate of drug-likeness (QED) is 0.570. The van der Waals surface area contributed by atoms with Gasteiger partial charge < -0.3 is 10.2 Å². The summed E-state index contributed by atoms with van der Waals surface area (Å²) in [5.41, 5.74) is 4.23. The largest absolute Gasteiger partial charge is 0.324 e. The molecule has 1 heterocycles. The van der Waals surface area contributed by atoms with Crippen LogP contribution in [-0.2, 0) is 9.59 Å². The molecule has 5 nitrogen and oxygen atoms in total. The molecular formula is C26H23ClFN3O2. The first kappa shape index (κ1) is 22.7. The van der Waals surface area contributed by atoms with Crippen molar-refractivity contribution >= 4 is 40.5 Å². The van der Waals surface area contributed by atoms with Gasteiger partial charge in [0.15, 0.2) is 0 Å². The van der Waals surface area contributed by atoms with E-state index >= 15 is 0 Å². The third-order valence-electron chi connectivity index (χ3n) is 5.76. The van der Waals surface area contributed by atoms with Gasteiger partial charge in [0.05, 0.1) is 11.4 Å². The van der Waals surface area contributed by atoms with E-state index in [1.54, 1.807) is 43.3 Å². The Morgan fingerprint density at radius 1 is 1.09 bits per heavy atom. The second kappa shape index (κ2) is 9.16. The first-order chi connectivity index (χ1) is 15.8. The summed E-state index contributed by atoms with van der Waals surface area (Å²) in [6, 6.07) is 16.0. The van der Waals surface area contributed by atoms with Crippen molar-refractivity contribution in [1.82, 2.24) is 0 Å². The number of aliphatic imine (C=N–C) groups is 1. The summed E-state index contributed by atoms with van der Waals surface area (Å²) in [6.45, 7) is 5.31. The molecule has 1 aliphatic rings. The van der Waals surface area contributed by atoms with Crippen molar-refractivity contribution in [3.8, 4) is 0 Å². The number of rotatable bonds is 4. The molecule has 3 aromatic rings. The van der Waals surface area contributed by atoms with Gasteiger partial charge in [-0.05, 0) is 68.3 Å². The second-order valence-corrected chi connectivity index (χ2v) is 8.45. The fourth-order valence-corrected chi connectivity index (χ4v) is 4.02. The Kier molecular flexibility index (Phi) is 6.29. The fraction of sp³-hybridized carbons (Fsp3) is 0.192. The summed E-state index contributed by atoms with van der Waals surface area (Å²) in [4.78, 5) is 32.2. The van der Waals surface area contributed by atoms with Crippen LogP contribution in [0.5, 0.6) is 0 Å². The monoisotopic (exact) mass is 463 g/mol. The zero-order chi connectivity index (χ0) is 23.7. The van der Waals surface area contributed by atoms with Gasteiger partial charge in [0.25, 0.3) is 5.91 Å². The first-order valence-corrected chi connectivity index (χ1v) is 10.9. The minimum atomic E-state index is -0.820. The van der Waals surface area contributed by atoms with Gasteiger partial charge in [0, 0.05) is 21.8 Å². The number of carbonyl (C=O) groups excluding carboxylic acids is 2. The zero-order valence-electron chi connectivity index (χ0n) is 18.5. The lowest BCUT2D eigenvalue weighted by Crippen LogP contribution is -2.42. The molecule has 1 N–H and O–H groups in total. The summed E-state index contributed by atoms with van der Waals surface area (Å²) in [7, 11) is 0. The Balaban J connectivity index is 1.74. The molecule has 2 amide bonds. The van der Waals surface area contributed by atoms with Crippen molar-refractivity contribution in [3.05, 3.63) is 93.8 Å². The number of benzene rings is 3. The molecule has 3 aromatic carbocycles. The van der Waals surface area contributed by atoms with E-state index in [2.05, 4.69) is 10.3 Å². The Labute approximate surface area is 196 Å². The molecule has 4 rings (SSSR count). The SMILES string of the molecule is Cc1cccc(NC(=O)CN2C(=O)[C@H](C)N=C(c3ccccc3F)c3cc(Cl)ccc32)c1C. The highest BCUT2D eigenvalue weighted by atomic mass is 35.5. The summed E-state index contributed by atoms with van der Waals surface area (Å²) >= 11 is 6.26. The van der Waals surface area contributed by atoms with Crippen molar-refractivity contribution in [2.45, 2.75) is 26.8 Å². The van der Waals surface area contributed by atoms with Crippen LogP contribution < -0.4 is 10.2 Å². The van der Waals surface area contributed by atoms with E-state index in [0.717, 1.165) is 11.1 Å². The summed E-state index contributed by atoms with van der Waals surface area (Å²) in [5.74, 6) is -1.16. The maximum atomic E-state index is 14.7. The van der Waals surface area contributed by atoms with E-state index < -0.39 is 11.9 Å². The van der Waals surface area contributed by atoms with Gasteiger partial charge in [0.1, 0.15) is 18.4 Å². The predicted molar refractivity (Wildman–Crippen MR) is 130 cm³/mol. The molecule has 0 saturated carbocycles. The van der Waals surface area contributed by atoms with Crippen molar-refractivity contribution in [2.75, 3.05) is 16.8 Å². The van der Waals surface area contributed by atoms with E-state index in [9.17, 15) is 14.0 Å². The van der Waals surface area contributed by atoms with Crippen LogP contribution in [0.4, 0.5) is 15.8 Å².